The van der Waals surface area contributed by atoms with Crippen LogP contribution < -0.4 is 10.1 Å². The van der Waals surface area contributed by atoms with E-state index in [0.29, 0.717) is 5.89 Å². The van der Waals surface area contributed by atoms with Crippen LogP contribution in [0.4, 0.5) is 0 Å². The summed E-state index contributed by atoms with van der Waals surface area (Å²) in [7, 11) is 3.57. The third-order valence-corrected chi connectivity index (χ3v) is 2.90. The van der Waals surface area contributed by atoms with E-state index < -0.39 is 0 Å². The van der Waals surface area contributed by atoms with Crippen LogP contribution in [0.15, 0.2) is 28.8 Å². The molecule has 5 nitrogen and oxygen atoms in total. The first-order chi connectivity index (χ1) is 9.31. The number of hydrogen-bond acceptors (Lipinski definition) is 5. The normalized spacial score (nSPS) is 10.6. The minimum atomic E-state index is 0.696. The van der Waals surface area contributed by atoms with Gasteiger partial charge >= 0.3 is 0 Å². The molecule has 0 spiro atoms. The Morgan fingerprint density at radius 1 is 1.16 bits per heavy atom. The van der Waals surface area contributed by atoms with Gasteiger partial charge in [-0.05, 0) is 31.2 Å². The summed E-state index contributed by atoms with van der Waals surface area (Å²) in [6, 6.07) is 8.03. The third kappa shape index (κ3) is 4.06. The lowest BCUT2D eigenvalue weighted by molar-refractivity contribution is 0.372. The van der Waals surface area contributed by atoms with Crippen molar-refractivity contribution < 1.29 is 9.26 Å². The highest BCUT2D eigenvalue weighted by Gasteiger charge is 2.06. The minimum absolute atomic E-state index is 0.696. The van der Waals surface area contributed by atoms with Gasteiger partial charge in [-0.2, -0.15) is 4.98 Å². The van der Waals surface area contributed by atoms with Gasteiger partial charge in [0.2, 0.25) is 5.89 Å². The molecule has 0 unspecified atom stereocenters. The summed E-state index contributed by atoms with van der Waals surface area (Å²) in [5.74, 6) is 2.33. The zero-order valence-corrected chi connectivity index (χ0v) is 11.3. The Balaban J connectivity index is 1.85. The first-order valence-corrected chi connectivity index (χ1v) is 6.41. The second-order valence-electron chi connectivity index (χ2n) is 4.31. The van der Waals surface area contributed by atoms with Crippen molar-refractivity contribution in [2.45, 2.75) is 19.3 Å². The van der Waals surface area contributed by atoms with Gasteiger partial charge in [-0.3, -0.25) is 0 Å². The molecule has 0 amide bonds. The maximum atomic E-state index is 5.21. The van der Waals surface area contributed by atoms with Gasteiger partial charge in [0.05, 0.1) is 7.11 Å². The highest BCUT2D eigenvalue weighted by Crippen LogP contribution is 2.13. The van der Waals surface area contributed by atoms with E-state index in [1.807, 2.05) is 19.2 Å². The van der Waals surface area contributed by atoms with Gasteiger partial charge in [-0.25, -0.2) is 0 Å². The smallest absolute Gasteiger partial charge is 0.226 e. The summed E-state index contributed by atoms with van der Waals surface area (Å²) in [6.07, 6.45) is 2.44. The molecule has 1 aromatic heterocycles. The largest absolute Gasteiger partial charge is 0.497 e. The Morgan fingerprint density at radius 3 is 2.63 bits per heavy atom. The number of hydrogen-bond donors (Lipinski definition) is 1. The van der Waals surface area contributed by atoms with Crippen molar-refractivity contribution >= 4 is 0 Å². The van der Waals surface area contributed by atoms with E-state index in [1.54, 1.807) is 7.11 Å². The highest BCUT2D eigenvalue weighted by atomic mass is 16.5. The van der Waals surface area contributed by atoms with Crippen LogP contribution in [0.25, 0.3) is 0 Å². The second-order valence-corrected chi connectivity index (χ2v) is 4.31. The Labute approximate surface area is 113 Å². The third-order valence-electron chi connectivity index (χ3n) is 2.90. The molecular formula is C14H19N3O2. The summed E-state index contributed by atoms with van der Waals surface area (Å²) in [5.41, 5.74) is 1.23. The molecule has 0 aliphatic carbocycles. The van der Waals surface area contributed by atoms with Crippen LogP contribution >= 0.6 is 0 Å². The van der Waals surface area contributed by atoms with Crippen molar-refractivity contribution in [2.75, 3.05) is 20.7 Å². The molecule has 0 saturated heterocycles. The lowest BCUT2D eigenvalue weighted by atomic mass is 10.1. The van der Waals surface area contributed by atoms with E-state index >= 15 is 0 Å². The number of methoxy groups -OCH3 is 1. The van der Waals surface area contributed by atoms with E-state index in [-0.39, 0.29) is 0 Å². The number of ether oxygens (including phenoxy) is 1. The molecule has 0 fully saturated rings. The number of rotatable bonds is 7. The maximum absolute atomic E-state index is 5.21. The molecule has 0 saturated carbocycles. The summed E-state index contributed by atoms with van der Waals surface area (Å²) in [4.78, 5) is 4.35. The first-order valence-electron chi connectivity index (χ1n) is 6.41. The van der Waals surface area contributed by atoms with Crippen LogP contribution in [0.3, 0.4) is 0 Å². The summed E-state index contributed by atoms with van der Waals surface area (Å²) >= 11 is 0. The molecule has 19 heavy (non-hydrogen) atoms. The lowest BCUT2D eigenvalue weighted by Gasteiger charge is -2.01. The van der Waals surface area contributed by atoms with E-state index in [0.717, 1.165) is 37.4 Å². The van der Waals surface area contributed by atoms with Gasteiger partial charge < -0.3 is 14.6 Å². The number of nitrogens with one attached hydrogen (secondary N) is 1. The molecule has 1 N–H and O–H groups in total. The Morgan fingerprint density at radius 2 is 1.95 bits per heavy atom. The zero-order chi connectivity index (χ0) is 13.5. The molecule has 1 aromatic carbocycles. The minimum Gasteiger partial charge on any atom is -0.497 e. The van der Waals surface area contributed by atoms with Crippen molar-refractivity contribution in [1.29, 1.82) is 0 Å². The number of nitrogens with zero attached hydrogens (tertiary/aromatic N) is 2. The molecule has 2 aromatic rings. The van der Waals surface area contributed by atoms with Crippen LogP contribution in [0.5, 0.6) is 5.75 Å². The monoisotopic (exact) mass is 261 g/mol. The van der Waals surface area contributed by atoms with Gasteiger partial charge in [-0.15, -0.1) is 0 Å². The number of aromatic nitrogens is 2. The van der Waals surface area contributed by atoms with Gasteiger partial charge in [0.15, 0.2) is 5.82 Å². The van der Waals surface area contributed by atoms with Crippen molar-refractivity contribution in [2.24, 2.45) is 0 Å². The topological polar surface area (TPSA) is 60.2 Å². The Bertz CT molecular complexity index is 494. The van der Waals surface area contributed by atoms with E-state index in [9.17, 15) is 0 Å². The quantitative estimate of drug-likeness (QED) is 0.820. The number of benzene rings is 1. The predicted molar refractivity (Wildman–Crippen MR) is 72.3 cm³/mol. The van der Waals surface area contributed by atoms with Crippen LogP contribution in [-0.2, 0) is 19.3 Å². The van der Waals surface area contributed by atoms with E-state index in [2.05, 4.69) is 27.6 Å². The van der Waals surface area contributed by atoms with Gasteiger partial charge in [-0.1, -0.05) is 17.3 Å². The number of aryl methyl sites for hydroxylation is 2. The number of likely N-dealkylation sites (N-methyl/N-ethyl adjacent to an activating group) is 1. The lowest BCUT2D eigenvalue weighted by Crippen LogP contribution is -2.11. The van der Waals surface area contributed by atoms with Crippen molar-refractivity contribution in [3.63, 3.8) is 0 Å². The molecule has 2 rings (SSSR count). The van der Waals surface area contributed by atoms with Crippen molar-refractivity contribution in [3.8, 4) is 5.75 Å². The van der Waals surface area contributed by atoms with Crippen molar-refractivity contribution in [1.82, 2.24) is 15.5 Å². The summed E-state index contributed by atoms with van der Waals surface area (Å²) < 4.78 is 10.3. The molecule has 0 radical (unpaired) electrons. The Hall–Kier alpha value is -1.88. The van der Waals surface area contributed by atoms with Crippen LogP contribution in [0.1, 0.15) is 17.3 Å². The molecule has 0 bridgehead atoms. The fourth-order valence-electron chi connectivity index (χ4n) is 1.77. The SMILES string of the molecule is CNCCc1noc(CCc2ccc(OC)cc2)n1. The molecule has 102 valence electrons. The summed E-state index contributed by atoms with van der Waals surface area (Å²) in [6.45, 7) is 0.859. The molecule has 0 atom stereocenters. The van der Waals surface area contributed by atoms with Crippen LogP contribution in [0.2, 0.25) is 0 Å². The summed E-state index contributed by atoms with van der Waals surface area (Å²) in [5, 5.41) is 7.01. The fraction of sp³-hybridized carbons (Fsp3) is 0.429. The van der Waals surface area contributed by atoms with Crippen molar-refractivity contribution in [3.05, 3.63) is 41.5 Å². The van der Waals surface area contributed by atoms with Gasteiger partial charge in [0, 0.05) is 19.4 Å². The Kier molecular flexibility index (Phi) is 4.92. The zero-order valence-electron chi connectivity index (χ0n) is 11.3. The van der Waals surface area contributed by atoms with Crippen LogP contribution in [-0.4, -0.2) is 30.8 Å². The van der Waals surface area contributed by atoms with E-state index in [1.165, 1.54) is 5.56 Å². The van der Waals surface area contributed by atoms with Gasteiger partial charge in [0.25, 0.3) is 0 Å². The standard InChI is InChI=1S/C14H19N3O2/c1-15-10-9-13-16-14(19-17-13)8-5-11-3-6-12(18-2)7-4-11/h3-4,6-7,15H,5,8-10H2,1-2H3. The average molecular weight is 261 g/mol. The fourth-order valence-corrected chi connectivity index (χ4v) is 1.77. The molecular weight excluding hydrogens is 242 g/mol. The molecule has 0 aliphatic heterocycles. The molecule has 5 heteroatoms. The predicted octanol–water partition coefficient (Wildman–Crippen LogP) is 1.63. The van der Waals surface area contributed by atoms with Crippen LogP contribution in [0, 0.1) is 0 Å². The van der Waals surface area contributed by atoms with Gasteiger partial charge in [0.1, 0.15) is 5.75 Å². The first kappa shape index (κ1) is 13.5. The molecule has 0 aliphatic rings. The highest BCUT2D eigenvalue weighted by molar-refractivity contribution is 5.27. The van der Waals surface area contributed by atoms with E-state index in [4.69, 9.17) is 9.26 Å². The maximum Gasteiger partial charge on any atom is 0.226 e. The second kappa shape index (κ2) is 6.89. The molecule has 1 heterocycles. The average Bonchev–Trinajstić information content (AvgIpc) is 2.91.